The minimum Gasteiger partial charge on any atom is -0.493 e. The summed E-state index contributed by atoms with van der Waals surface area (Å²) in [5.41, 5.74) is 0. The number of likely N-dealkylation sites (N-methyl/N-ethyl adjacent to an activating group) is 1. The fourth-order valence-electron chi connectivity index (χ4n) is 1.26. The second kappa shape index (κ2) is 7.55. The predicted octanol–water partition coefficient (Wildman–Crippen LogP) is 1.18. The van der Waals surface area contributed by atoms with Gasteiger partial charge in [0.15, 0.2) is 18.1 Å². The number of ether oxygens (including phenoxy) is 3. The number of carbonyl (C=O) groups excluding carboxylic acids is 1. The summed E-state index contributed by atoms with van der Waals surface area (Å²) in [7, 11) is 5.38. The van der Waals surface area contributed by atoms with E-state index < -0.39 is 0 Å². The molecule has 0 amide bonds. The highest BCUT2D eigenvalue weighted by atomic mass is 16.6. The lowest BCUT2D eigenvalue weighted by molar-refractivity contribution is -0.146. The first-order valence-corrected chi connectivity index (χ1v) is 5.69. The topological polar surface area (TPSA) is 48.0 Å². The van der Waals surface area contributed by atoms with E-state index in [1.54, 1.807) is 19.2 Å². The number of carbonyl (C=O) groups is 1. The van der Waals surface area contributed by atoms with E-state index in [0.29, 0.717) is 24.7 Å². The van der Waals surface area contributed by atoms with Crippen molar-refractivity contribution < 1.29 is 19.0 Å². The van der Waals surface area contributed by atoms with E-state index in [1.165, 1.54) is 0 Å². The standard InChI is InChI=1S/C13H19NO4/c1-14(2)8-9-17-13(15)10-18-12-7-5-4-6-11(12)16-3/h4-7H,8-10H2,1-3H3. The van der Waals surface area contributed by atoms with Gasteiger partial charge in [-0.25, -0.2) is 4.79 Å². The van der Waals surface area contributed by atoms with Crippen LogP contribution in [0.5, 0.6) is 11.5 Å². The van der Waals surface area contributed by atoms with Crippen molar-refractivity contribution in [2.45, 2.75) is 0 Å². The Kier molecular flexibility index (Phi) is 6.00. The van der Waals surface area contributed by atoms with Crippen LogP contribution in [0.25, 0.3) is 0 Å². The number of benzene rings is 1. The molecule has 0 saturated heterocycles. The summed E-state index contributed by atoms with van der Waals surface area (Å²) in [6.07, 6.45) is 0. The predicted molar refractivity (Wildman–Crippen MR) is 68.0 cm³/mol. The monoisotopic (exact) mass is 253 g/mol. The quantitative estimate of drug-likeness (QED) is 0.683. The van der Waals surface area contributed by atoms with Crippen LogP contribution in [0.2, 0.25) is 0 Å². The van der Waals surface area contributed by atoms with Gasteiger partial charge in [0, 0.05) is 6.54 Å². The van der Waals surface area contributed by atoms with Gasteiger partial charge >= 0.3 is 5.97 Å². The molecule has 0 heterocycles. The third-order valence-electron chi connectivity index (χ3n) is 2.22. The van der Waals surface area contributed by atoms with E-state index in [4.69, 9.17) is 14.2 Å². The molecule has 0 fully saturated rings. The summed E-state index contributed by atoms with van der Waals surface area (Å²) in [5, 5.41) is 0. The Labute approximate surface area is 107 Å². The first kappa shape index (κ1) is 14.3. The van der Waals surface area contributed by atoms with Crippen molar-refractivity contribution in [3.8, 4) is 11.5 Å². The molecular formula is C13H19NO4. The van der Waals surface area contributed by atoms with Crippen LogP contribution in [-0.2, 0) is 9.53 Å². The Hall–Kier alpha value is -1.75. The fourth-order valence-corrected chi connectivity index (χ4v) is 1.26. The van der Waals surface area contributed by atoms with Gasteiger partial charge in [-0.3, -0.25) is 0 Å². The molecular weight excluding hydrogens is 234 g/mol. The number of rotatable bonds is 7. The van der Waals surface area contributed by atoms with Crippen LogP contribution >= 0.6 is 0 Å². The molecule has 0 radical (unpaired) electrons. The lowest BCUT2D eigenvalue weighted by Gasteiger charge is -2.11. The van der Waals surface area contributed by atoms with Crippen molar-refractivity contribution in [3.63, 3.8) is 0 Å². The highest BCUT2D eigenvalue weighted by molar-refractivity contribution is 5.71. The van der Waals surface area contributed by atoms with Crippen LogP contribution in [0, 0.1) is 0 Å². The average molecular weight is 253 g/mol. The molecule has 0 bridgehead atoms. The van der Waals surface area contributed by atoms with E-state index in [0.717, 1.165) is 0 Å². The van der Waals surface area contributed by atoms with Crippen LogP contribution < -0.4 is 9.47 Å². The van der Waals surface area contributed by atoms with Crippen LogP contribution in [0.3, 0.4) is 0 Å². The Balaban J connectivity index is 2.33. The third kappa shape index (κ3) is 5.05. The highest BCUT2D eigenvalue weighted by Gasteiger charge is 2.07. The SMILES string of the molecule is COc1ccccc1OCC(=O)OCCN(C)C. The minimum atomic E-state index is -0.386. The van der Waals surface area contributed by atoms with Crippen LogP contribution in [-0.4, -0.2) is 51.8 Å². The van der Waals surface area contributed by atoms with E-state index in [2.05, 4.69) is 0 Å². The molecule has 1 rings (SSSR count). The largest absolute Gasteiger partial charge is 0.493 e. The molecule has 18 heavy (non-hydrogen) atoms. The van der Waals surface area contributed by atoms with Gasteiger partial charge < -0.3 is 19.1 Å². The van der Waals surface area contributed by atoms with Crippen LogP contribution in [0.1, 0.15) is 0 Å². The zero-order chi connectivity index (χ0) is 13.4. The summed E-state index contributed by atoms with van der Waals surface area (Å²) in [5.74, 6) is 0.742. The fraction of sp³-hybridized carbons (Fsp3) is 0.462. The molecule has 0 saturated carbocycles. The number of hydrogen-bond donors (Lipinski definition) is 0. The zero-order valence-corrected chi connectivity index (χ0v) is 11.0. The highest BCUT2D eigenvalue weighted by Crippen LogP contribution is 2.25. The lowest BCUT2D eigenvalue weighted by Crippen LogP contribution is -2.22. The van der Waals surface area contributed by atoms with Gasteiger partial charge in [0.1, 0.15) is 6.61 Å². The maximum atomic E-state index is 11.4. The van der Waals surface area contributed by atoms with Gasteiger partial charge in [-0.1, -0.05) is 12.1 Å². The number of methoxy groups -OCH3 is 1. The molecule has 0 aliphatic heterocycles. The number of esters is 1. The summed E-state index contributed by atoms with van der Waals surface area (Å²) < 4.78 is 15.4. The second-order valence-electron chi connectivity index (χ2n) is 3.96. The number of nitrogens with zero attached hydrogens (tertiary/aromatic N) is 1. The molecule has 5 heteroatoms. The molecule has 0 N–H and O–H groups in total. The summed E-state index contributed by atoms with van der Waals surface area (Å²) >= 11 is 0. The first-order valence-electron chi connectivity index (χ1n) is 5.69. The number of hydrogen-bond acceptors (Lipinski definition) is 5. The molecule has 0 aliphatic rings. The Bertz CT molecular complexity index is 379. The molecule has 0 aromatic heterocycles. The summed E-state index contributed by atoms with van der Waals surface area (Å²) in [6.45, 7) is 0.940. The first-order chi connectivity index (χ1) is 8.63. The van der Waals surface area contributed by atoms with Crippen molar-refractivity contribution >= 4 is 5.97 Å². The normalized spacial score (nSPS) is 10.2. The lowest BCUT2D eigenvalue weighted by atomic mass is 10.3. The zero-order valence-electron chi connectivity index (χ0n) is 11.0. The maximum Gasteiger partial charge on any atom is 0.344 e. The van der Waals surface area contributed by atoms with Crippen molar-refractivity contribution in [2.24, 2.45) is 0 Å². The van der Waals surface area contributed by atoms with Gasteiger partial charge in [0.05, 0.1) is 7.11 Å². The molecule has 5 nitrogen and oxygen atoms in total. The maximum absolute atomic E-state index is 11.4. The molecule has 0 spiro atoms. The number of para-hydroxylation sites is 2. The Morgan fingerprint density at radius 2 is 1.89 bits per heavy atom. The molecule has 0 atom stereocenters. The molecule has 100 valence electrons. The van der Waals surface area contributed by atoms with Crippen molar-refractivity contribution in [1.29, 1.82) is 0 Å². The molecule has 0 aliphatic carbocycles. The summed E-state index contributed by atoms with van der Waals surface area (Å²) in [6, 6.07) is 7.16. The van der Waals surface area contributed by atoms with Gasteiger partial charge in [-0.15, -0.1) is 0 Å². The van der Waals surface area contributed by atoms with Gasteiger partial charge in [-0.2, -0.15) is 0 Å². The van der Waals surface area contributed by atoms with Crippen LogP contribution in [0.15, 0.2) is 24.3 Å². The molecule has 0 unspecified atom stereocenters. The second-order valence-corrected chi connectivity index (χ2v) is 3.96. The third-order valence-corrected chi connectivity index (χ3v) is 2.22. The summed E-state index contributed by atoms with van der Waals surface area (Å²) in [4.78, 5) is 13.3. The van der Waals surface area contributed by atoms with Crippen molar-refractivity contribution in [2.75, 3.05) is 41.0 Å². The average Bonchev–Trinajstić information content (AvgIpc) is 2.36. The van der Waals surface area contributed by atoms with E-state index in [1.807, 2.05) is 31.1 Å². The smallest absolute Gasteiger partial charge is 0.344 e. The molecule has 1 aromatic rings. The van der Waals surface area contributed by atoms with Crippen molar-refractivity contribution in [3.05, 3.63) is 24.3 Å². The van der Waals surface area contributed by atoms with Crippen LogP contribution in [0.4, 0.5) is 0 Å². The Morgan fingerprint density at radius 1 is 1.22 bits per heavy atom. The van der Waals surface area contributed by atoms with E-state index >= 15 is 0 Å². The van der Waals surface area contributed by atoms with Gasteiger partial charge in [-0.05, 0) is 26.2 Å². The molecule has 1 aromatic carbocycles. The van der Waals surface area contributed by atoms with Gasteiger partial charge in [0.25, 0.3) is 0 Å². The van der Waals surface area contributed by atoms with E-state index in [9.17, 15) is 4.79 Å². The van der Waals surface area contributed by atoms with Crippen molar-refractivity contribution in [1.82, 2.24) is 4.90 Å². The van der Waals surface area contributed by atoms with E-state index in [-0.39, 0.29) is 12.6 Å². The van der Waals surface area contributed by atoms with Gasteiger partial charge in [0.2, 0.25) is 0 Å². The minimum absolute atomic E-state index is 0.117. The Morgan fingerprint density at radius 3 is 2.50 bits per heavy atom.